The zero-order valence-corrected chi connectivity index (χ0v) is 15.8. The number of hydrogen-bond acceptors (Lipinski definition) is 6. The molecule has 4 N–H and O–H groups in total. The van der Waals surface area contributed by atoms with Crippen LogP contribution in [0.25, 0.3) is 0 Å². The average Bonchev–Trinajstić information content (AvgIpc) is 2.71. The van der Waals surface area contributed by atoms with Gasteiger partial charge in [0.25, 0.3) is 0 Å². The van der Waals surface area contributed by atoms with E-state index < -0.39 is 24.4 Å². The number of phenolic OH excluding ortho intramolecular Hbond substituents is 1. The number of hydrogen-bond donors (Lipinski definition) is 4. The monoisotopic (exact) mass is 388 g/mol. The number of allylic oxidation sites excluding steroid dienone is 3. The molecule has 4 rings (SSSR count). The van der Waals surface area contributed by atoms with E-state index in [1.807, 2.05) is 6.07 Å². The summed E-state index contributed by atoms with van der Waals surface area (Å²) in [5, 5.41) is 39.8. The molecule has 1 aliphatic carbocycles. The summed E-state index contributed by atoms with van der Waals surface area (Å²) >= 11 is 0. The summed E-state index contributed by atoms with van der Waals surface area (Å²) in [7, 11) is 0. The molecule has 0 bridgehead atoms. The summed E-state index contributed by atoms with van der Waals surface area (Å²) in [5.41, 5.74) is 3.02. The Bertz CT molecular complexity index is 770. The molecule has 1 unspecified atom stereocenters. The van der Waals surface area contributed by atoms with E-state index in [9.17, 15) is 20.4 Å². The number of benzene rings is 1. The fraction of sp³-hybridized carbons (Fsp3) is 0.545. The van der Waals surface area contributed by atoms with Gasteiger partial charge in [0.2, 0.25) is 0 Å². The quantitative estimate of drug-likeness (QED) is 0.631. The van der Waals surface area contributed by atoms with E-state index in [1.54, 1.807) is 12.1 Å². The Kier molecular flexibility index (Phi) is 5.73. The van der Waals surface area contributed by atoms with Crippen LogP contribution in [-0.2, 0) is 15.9 Å². The summed E-state index contributed by atoms with van der Waals surface area (Å²) < 4.78 is 11.5. The maximum absolute atomic E-state index is 10.4. The van der Waals surface area contributed by atoms with Crippen LogP contribution in [0.1, 0.15) is 42.9 Å². The molecule has 6 nitrogen and oxygen atoms in total. The van der Waals surface area contributed by atoms with E-state index in [0.29, 0.717) is 12.3 Å². The van der Waals surface area contributed by atoms with Crippen molar-refractivity contribution in [2.75, 3.05) is 13.2 Å². The Morgan fingerprint density at radius 3 is 2.86 bits per heavy atom. The van der Waals surface area contributed by atoms with Crippen molar-refractivity contribution < 1.29 is 29.9 Å². The molecular formula is C22H28O6. The minimum absolute atomic E-state index is 0.243. The summed E-state index contributed by atoms with van der Waals surface area (Å²) in [6.07, 6.45) is 4.92. The van der Waals surface area contributed by atoms with Crippen LogP contribution in [0.15, 0.2) is 41.7 Å². The van der Waals surface area contributed by atoms with E-state index in [4.69, 9.17) is 9.47 Å². The SMILES string of the molecule is OC[C@H]1O[C@@H](c2ccc(O)c(CC3C=CC4=C(CCCO4)C3)c2)C[C@@H](O)[C@@H]1O. The highest BCUT2D eigenvalue weighted by atomic mass is 16.5. The topological polar surface area (TPSA) is 99.4 Å². The molecular weight excluding hydrogens is 360 g/mol. The first-order chi connectivity index (χ1) is 13.5. The van der Waals surface area contributed by atoms with Gasteiger partial charge < -0.3 is 29.9 Å². The Labute approximate surface area is 164 Å². The highest BCUT2D eigenvalue weighted by molar-refractivity contribution is 5.39. The summed E-state index contributed by atoms with van der Waals surface area (Å²) in [5.74, 6) is 1.55. The Morgan fingerprint density at radius 1 is 1.18 bits per heavy atom. The lowest BCUT2D eigenvalue weighted by Gasteiger charge is -2.36. The molecule has 0 amide bonds. The van der Waals surface area contributed by atoms with Crippen molar-refractivity contribution in [2.45, 2.75) is 56.5 Å². The molecule has 2 aliphatic heterocycles. The van der Waals surface area contributed by atoms with Gasteiger partial charge in [-0.15, -0.1) is 0 Å². The lowest BCUT2D eigenvalue weighted by atomic mass is 9.85. The first-order valence-electron chi connectivity index (χ1n) is 10.0. The van der Waals surface area contributed by atoms with Gasteiger partial charge in [0, 0.05) is 6.42 Å². The molecule has 28 heavy (non-hydrogen) atoms. The van der Waals surface area contributed by atoms with Gasteiger partial charge in [0.15, 0.2) is 0 Å². The molecule has 0 aromatic heterocycles. The van der Waals surface area contributed by atoms with Crippen molar-refractivity contribution in [2.24, 2.45) is 5.92 Å². The zero-order valence-electron chi connectivity index (χ0n) is 15.8. The van der Waals surface area contributed by atoms with Crippen LogP contribution < -0.4 is 0 Å². The Hall–Kier alpha value is -1.86. The number of rotatable bonds is 4. The number of ether oxygens (including phenoxy) is 2. The van der Waals surface area contributed by atoms with Gasteiger partial charge in [0.1, 0.15) is 23.7 Å². The highest BCUT2D eigenvalue weighted by Crippen LogP contribution is 2.37. The van der Waals surface area contributed by atoms with Crippen molar-refractivity contribution in [3.63, 3.8) is 0 Å². The first kappa shape index (κ1) is 19.5. The van der Waals surface area contributed by atoms with E-state index >= 15 is 0 Å². The van der Waals surface area contributed by atoms with Crippen LogP contribution in [0.4, 0.5) is 0 Å². The number of phenols is 1. The standard InChI is InChI=1S/C22H28O6/c23-12-21-22(26)18(25)11-20(28-21)15-4-5-17(24)16(10-15)9-13-3-6-19-14(8-13)2-1-7-27-19/h3-6,10,13,18,20-26H,1-2,7-9,11-12H2/t13?,18-,20-,21-,22+/m1/s1. The molecule has 2 heterocycles. The number of aliphatic hydroxyl groups excluding tert-OH is 3. The number of aromatic hydroxyl groups is 1. The van der Waals surface area contributed by atoms with Crippen molar-refractivity contribution in [1.29, 1.82) is 0 Å². The molecule has 1 saturated heterocycles. The van der Waals surface area contributed by atoms with Gasteiger partial charge in [0.05, 0.1) is 25.4 Å². The summed E-state index contributed by atoms with van der Waals surface area (Å²) in [6, 6.07) is 5.34. The van der Waals surface area contributed by atoms with E-state index in [0.717, 1.165) is 42.8 Å². The second kappa shape index (κ2) is 8.25. The Morgan fingerprint density at radius 2 is 2.04 bits per heavy atom. The third kappa shape index (κ3) is 3.96. The van der Waals surface area contributed by atoms with E-state index in [1.165, 1.54) is 5.57 Å². The predicted octanol–water partition coefficient (Wildman–Crippen LogP) is 2.12. The summed E-state index contributed by atoms with van der Waals surface area (Å²) in [4.78, 5) is 0. The van der Waals surface area contributed by atoms with Gasteiger partial charge in [-0.25, -0.2) is 0 Å². The normalized spacial score (nSPS) is 32.8. The highest BCUT2D eigenvalue weighted by Gasteiger charge is 2.37. The van der Waals surface area contributed by atoms with Crippen LogP contribution in [0.2, 0.25) is 0 Å². The van der Waals surface area contributed by atoms with Crippen molar-refractivity contribution in [3.05, 3.63) is 52.8 Å². The third-order valence-electron chi connectivity index (χ3n) is 5.96. The van der Waals surface area contributed by atoms with Crippen LogP contribution in [0, 0.1) is 5.92 Å². The van der Waals surface area contributed by atoms with Crippen LogP contribution >= 0.6 is 0 Å². The second-order valence-corrected chi connectivity index (χ2v) is 7.97. The van der Waals surface area contributed by atoms with E-state index in [2.05, 4.69) is 12.2 Å². The van der Waals surface area contributed by atoms with Gasteiger partial charge in [-0.3, -0.25) is 0 Å². The molecule has 1 aromatic carbocycles. The van der Waals surface area contributed by atoms with Crippen LogP contribution in [0.5, 0.6) is 5.75 Å². The predicted molar refractivity (Wildman–Crippen MR) is 103 cm³/mol. The molecule has 0 saturated carbocycles. The molecule has 1 aromatic rings. The van der Waals surface area contributed by atoms with Crippen LogP contribution in [0.3, 0.4) is 0 Å². The molecule has 3 aliphatic rings. The largest absolute Gasteiger partial charge is 0.508 e. The van der Waals surface area contributed by atoms with E-state index in [-0.39, 0.29) is 18.8 Å². The molecule has 152 valence electrons. The lowest BCUT2D eigenvalue weighted by molar-refractivity contribution is -0.181. The average molecular weight is 388 g/mol. The first-order valence-corrected chi connectivity index (χ1v) is 10.0. The van der Waals surface area contributed by atoms with Gasteiger partial charge in [-0.1, -0.05) is 12.1 Å². The number of aliphatic hydroxyl groups is 3. The second-order valence-electron chi connectivity index (χ2n) is 7.97. The van der Waals surface area contributed by atoms with Gasteiger partial charge in [-0.2, -0.15) is 0 Å². The molecule has 6 heteroatoms. The minimum Gasteiger partial charge on any atom is -0.508 e. The Balaban J connectivity index is 1.49. The smallest absolute Gasteiger partial charge is 0.118 e. The molecule has 1 fully saturated rings. The fourth-order valence-electron chi connectivity index (χ4n) is 4.38. The summed E-state index contributed by atoms with van der Waals surface area (Å²) in [6.45, 7) is 0.430. The third-order valence-corrected chi connectivity index (χ3v) is 5.96. The van der Waals surface area contributed by atoms with Crippen molar-refractivity contribution >= 4 is 0 Å². The van der Waals surface area contributed by atoms with Gasteiger partial charge >= 0.3 is 0 Å². The molecule has 0 radical (unpaired) electrons. The fourth-order valence-corrected chi connectivity index (χ4v) is 4.38. The van der Waals surface area contributed by atoms with Crippen LogP contribution in [-0.4, -0.2) is 52.0 Å². The zero-order chi connectivity index (χ0) is 19.7. The minimum atomic E-state index is -1.09. The maximum atomic E-state index is 10.4. The molecule has 0 spiro atoms. The maximum Gasteiger partial charge on any atom is 0.118 e. The lowest BCUT2D eigenvalue weighted by Crippen LogP contribution is -2.47. The van der Waals surface area contributed by atoms with Gasteiger partial charge in [-0.05, 0) is 66.5 Å². The molecule has 5 atom stereocenters. The van der Waals surface area contributed by atoms with Crippen molar-refractivity contribution in [3.8, 4) is 5.75 Å². The van der Waals surface area contributed by atoms with Crippen molar-refractivity contribution in [1.82, 2.24) is 0 Å².